The number of carbonyl (C=O) groups is 2. The number of benzene rings is 2. The van der Waals surface area contributed by atoms with Crippen LogP contribution in [0.5, 0.6) is 17.2 Å². The van der Waals surface area contributed by atoms with E-state index in [2.05, 4.69) is 15.8 Å². The highest BCUT2D eigenvalue weighted by Crippen LogP contribution is 2.29. The minimum Gasteiger partial charge on any atom is -0.494 e. The van der Waals surface area contributed by atoms with Gasteiger partial charge in [-0.15, -0.1) is 0 Å². The van der Waals surface area contributed by atoms with Gasteiger partial charge >= 0.3 is 5.97 Å². The summed E-state index contributed by atoms with van der Waals surface area (Å²) in [6.07, 6.45) is 0.614. The van der Waals surface area contributed by atoms with Crippen LogP contribution >= 0.6 is 0 Å². The lowest BCUT2D eigenvalue weighted by atomic mass is 9.94. The second-order valence-electron chi connectivity index (χ2n) is 10.3. The summed E-state index contributed by atoms with van der Waals surface area (Å²) in [7, 11) is 3.12. The quantitative estimate of drug-likeness (QED) is 0.182. The van der Waals surface area contributed by atoms with Crippen molar-refractivity contribution in [3.05, 3.63) is 53.6 Å². The molecule has 0 aliphatic carbocycles. The first-order valence-corrected chi connectivity index (χ1v) is 13.1. The highest BCUT2D eigenvalue weighted by Gasteiger charge is 2.45. The van der Waals surface area contributed by atoms with Crippen molar-refractivity contribution in [3.63, 3.8) is 0 Å². The van der Waals surface area contributed by atoms with Crippen LogP contribution in [0, 0.1) is 0 Å². The Balaban J connectivity index is 1.73. The van der Waals surface area contributed by atoms with Crippen molar-refractivity contribution in [1.29, 1.82) is 0 Å². The molecule has 11 heteroatoms. The highest BCUT2D eigenvalue weighted by atomic mass is 16.6. The third kappa shape index (κ3) is 8.59. The summed E-state index contributed by atoms with van der Waals surface area (Å²) >= 11 is 0. The SMILES string of the molecule is COc1ccc(CNNC(=O)[C@]2(CCC(=O)OC(C)(C)C)COC(c3ccc(OCCCO)cc3)=N2)cc1OC. The fraction of sp³-hybridized carbons (Fsp3) is 0.483. The van der Waals surface area contributed by atoms with Crippen molar-refractivity contribution < 1.29 is 38.4 Å². The van der Waals surface area contributed by atoms with E-state index in [-0.39, 0.29) is 26.1 Å². The van der Waals surface area contributed by atoms with Gasteiger partial charge in [-0.2, -0.15) is 0 Å². The highest BCUT2D eigenvalue weighted by molar-refractivity contribution is 6.00. The van der Waals surface area contributed by atoms with Crippen LogP contribution in [0.3, 0.4) is 0 Å². The Kier molecular flexibility index (Phi) is 10.7. The van der Waals surface area contributed by atoms with E-state index < -0.39 is 23.0 Å². The maximum atomic E-state index is 13.5. The normalized spacial score (nSPS) is 16.5. The molecule has 0 saturated carbocycles. The van der Waals surface area contributed by atoms with Gasteiger partial charge in [-0.3, -0.25) is 15.0 Å². The van der Waals surface area contributed by atoms with Crippen LogP contribution in [0.2, 0.25) is 0 Å². The van der Waals surface area contributed by atoms with Crippen LogP contribution in [0.25, 0.3) is 0 Å². The van der Waals surface area contributed by atoms with Crippen molar-refractivity contribution in [3.8, 4) is 17.2 Å². The Bertz CT molecular complexity index is 1180. The molecule has 218 valence electrons. The molecule has 3 rings (SSSR count). The third-order valence-electron chi connectivity index (χ3n) is 5.96. The predicted octanol–water partition coefficient (Wildman–Crippen LogP) is 2.92. The third-order valence-corrected chi connectivity index (χ3v) is 5.96. The fourth-order valence-corrected chi connectivity index (χ4v) is 3.94. The molecule has 0 saturated heterocycles. The Labute approximate surface area is 234 Å². The zero-order chi connectivity index (χ0) is 29.2. The molecule has 1 aliphatic rings. The van der Waals surface area contributed by atoms with Crippen LogP contribution in [0.1, 0.15) is 51.2 Å². The predicted molar refractivity (Wildman–Crippen MR) is 148 cm³/mol. The van der Waals surface area contributed by atoms with Crippen molar-refractivity contribution in [2.45, 2.75) is 57.7 Å². The number of aliphatic hydroxyl groups excluding tert-OH is 1. The number of amides is 1. The average molecular weight is 558 g/mol. The maximum Gasteiger partial charge on any atom is 0.306 e. The molecule has 0 aromatic heterocycles. The van der Waals surface area contributed by atoms with Gasteiger partial charge in [0, 0.05) is 31.6 Å². The topological polar surface area (TPSA) is 137 Å². The number of aliphatic hydroxyl groups is 1. The molecule has 11 nitrogen and oxygen atoms in total. The van der Waals surface area contributed by atoms with Gasteiger partial charge < -0.3 is 28.8 Å². The van der Waals surface area contributed by atoms with Gasteiger partial charge in [0.05, 0.1) is 20.8 Å². The molecule has 1 aliphatic heterocycles. The van der Waals surface area contributed by atoms with Gasteiger partial charge in [-0.05, 0) is 69.2 Å². The van der Waals surface area contributed by atoms with E-state index >= 15 is 0 Å². The van der Waals surface area contributed by atoms with Gasteiger partial charge in [0.25, 0.3) is 5.91 Å². The lowest BCUT2D eigenvalue weighted by Gasteiger charge is -2.24. The van der Waals surface area contributed by atoms with Crippen molar-refractivity contribution in [1.82, 2.24) is 10.9 Å². The molecular formula is C29H39N3O8. The zero-order valence-electron chi connectivity index (χ0n) is 23.7. The maximum absolute atomic E-state index is 13.5. The summed E-state index contributed by atoms with van der Waals surface area (Å²) in [5.41, 5.74) is 5.19. The molecule has 2 aromatic rings. The summed E-state index contributed by atoms with van der Waals surface area (Å²) in [6, 6.07) is 12.5. The molecule has 40 heavy (non-hydrogen) atoms. The van der Waals surface area contributed by atoms with Gasteiger partial charge in [-0.1, -0.05) is 6.07 Å². The fourth-order valence-electron chi connectivity index (χ4n) is 3.94. The standard InChI is InChI=1S/C29H39N3O8/c1-28(2,3)40-25(34)13-14-29(27(35)32-30-18-20-7-12-23(36-4)24(17-20)37-5)19-39-26(31-29)21-8-10-22(11-9-21)38-16-6-15-33/h7-12,17,30,33H,6,13-16,18-19H2,1-5H3,(H,32,35)/t29-/m0/s1. The molecule has 0 spiro atoms. The molecule has 0 unspecified atom stereocenters. The minimum atomic E-state index is -1.34. The summed E-state index contributed by atoms with van der Waals surface area (Å²) < 4.78 is 27.5. The molecule has 2 aromatic carbocycles. The lowest BCUT2D eigenvalue weighted by molar-refractivity contribution is -0.155. The van der Waals surface area contributed by atoms with Crippen molar-refractivity contribution in [2.75, 3.05) is 34.0 Å². The number of esters is 1. The Morgan fingerprint density at radius 1 is 1.07 bits per heavy atom. The van der Waals surface area contributed by atoms with E-state index in [4.69, 9.17) is 28.8 Å². The first-order chi connectivity index (χ1) is 19.1. The molecule has 1 amide bonds. The Hall–Kier alpha value is -3.83. The number of ether oxygens (including phenoxy) is 5. The molecule has 0 radical (unpaired) electrons. The van der Waals surface area contributed by atoms with Crippen molar-refractivity contribution in [2.24, 2.45) is 4.99 Å². The summed E-state index contributed by atoms with van der Waals surface area (Å²) in [4.78, 5) is 30.6. The number of hydrazine groups is 1. The average Bonchev–Trinajstić information content (AvgIpc) is 3.37. The zero-order valence-corrected chi connectivity index (χ0v) is 23.7. The summed E-state index contributed by atoms with van der Waals surface area (Å²) in [5.74, 6) is 1.25. The molecule has 0 fully saturated rings. The number of carbonyl (C=O) groups excluding carboxylic acids is 2. The van der Waals surface area contributed by atoms with Gasteiger partial charge in [0.15, 0.2) is 17.0 Å². The summed E-state index contributed by atoms with van der Waals surface area (Å²) in [5, 5.41) is 8.92. The van der Waals surface area contributed by atoms with Crippen LogP contribution in [0.4, 0.5) is 0 Å². The number of aliphatic imine (C=N–C) groups is 1. The second kappa shape index (κ2) is 14.0. The molecule has 1 atom stereocenters. The van der Waals surface area contributed by atoms with Crippen LogP contribution in [-0.2, 0) is 25.6 Å². The molecule has 3 N–H and O–H groups in total. The first kappa shape index (κ1) is 30.7. The Morgan fingerprint density at radius 2 is 1.80 bits per heavy atom. The number of rotatable bonds is 14. The number of nitrogens with zero attached hydrogens (tertiary/aromatic N) is 1. The summed E-state index contributed by atoms with van der Waals surface area (Å²) in [6.45, 7) is 6.09. The molecule has 1 heterocycles. The number of methoxy groups -OCH3 is 2. The number of hydrogen-bond donors (Lipinski definition) is 3. The number of hydrogen-bond acceptors (Lipinski definition) is 10. The van der Waals surface area contributed by atoms with Gasteiger partial charge in [0.1, 0.15) is 18.0 Å². The van der Waals surface area contributed by atoms with E-state index in [9.17, 15) is 9.59 Å². The van der Waals surface area contributed by atoms with Crippen LogP contribution in [-0.4, -0.2) is 68.1 Å². The largest absolute Gasteiger partial charge is 0.494 e. The van der Waals surface area contributed by atoms with Crippen LogP contribution < -0.4 is 25.1 Å². The molecular weight excluding hydrogens is 518 g/mol. The lowest BCUT2D eigenvalue weighted by Crippen LogP contribution is -2.51. The van der Waals surface area contributed by atoms with Gasteiger partial charge in [-0.25, -0.2) is 10.4 Å². The smallest absolute Gasteiger partial charge is 0.306 e. The first-order valence-electron chi connectivity index (χ1n) is 13.1. The monoisotopic (exact) mass is 557 g/mol. The van der Waals surface area contributed by atoms with Crippen molar-refractivity contribution >= 4 is 17.8 Å². The Morgan fingerprint density at radius 3 is 2.45 bits per heavy atom. The van der Waals surface area contributed by atoms with Gasteiger partial charge in [0.2, 0.25) is 5.90 Å². The molecule has 0 bridgehead atoms. The van der Waals surface area contributed by atoms with Crippen LogP contribution in [0.15, 0.2) is 47.5 Å². The van der Waals surface area contributed by atoms with E-state index in [1.807, 2.05) is 12.1 Å². The van der Waals surface area contributed by atoms with E-state index in [0.717, 1.165) is 5.56 Å². The van der Waals surface area contributed by atoms with E-state index in [1.165, 1.54) is 0 Å². The van der Waals surface area contributed by atoms with E-state index in [0.29, 0.717) is 48.3 Å². The van der Waals surface area contributed by atoms with E-state index in [1.54, 1.807) is 65.3 Å². The number of nitrogens with one attached hydrogen (secondary N) is 2. The second-order valence-corrected chi connectivity index (χ2v) is 10.3. The minimum absolute atomic E-state index is 0.0157.